The maximum Gasteiger partial charge on any atom is 0.129 e. The van der Waals surface area contributed by atoms with Gasteiger partial charge in [-0.2, -0.15) is 0 Å². The van der Waals surface area contributed by atoms with E-state index in [2.05, 4.69) is 56.6 Å². The Kier molecular flexibility index (Phi) is 6.21. The lowest BCUT2D eigenvalue weighted by Crippen LogP contribution is -2.27. The first kappa shape index (κ1) is 16.7. The highest BCUT2D eigenvalue weighted by Gasteiger charge is 2.18. The summed E-state index contributed by atoms with van der Waals surface area (Å²) in [6, 6.07) is 4.39. The molecule has 0 radical (unpaired) electrons. The van der Waals surface area contributed by atoms with E-state index in [1.165, 1.54) is 5.56 Å². The Morgan fingerprint density at radius 1 is 1.35 bits per heavy atom. The maximum atomic E-state index is 4.87. The van der Waals surface area contributed by atoms with Crippen LogP contribution in [0.5, 0.6) is 0 Å². The second-order valence-electron chi connectivity index (χ2n) is 6.23. The predicted octanol–water partition coefficient (Wildman–Crippen LogP) is 3.50. The van der Waals surface area contributed by atoms with Gasteiger partial charge in [0.05, 0.1) is 0 Å². The van der Waals surface area contributed by atoms with Crippen molar-refractivity contribution in [2.75, 3.05) is 25.0 Å². The molecular weight excluding hydrogens is 246 g/mol. The largest absolute Gasteiger partial charge is 0.353 e. The molecule has 3 heteroatoms. The molecule has 0 aliphatic carbocycles. The summed E-state index contributed by atoms with van der Waals surface area (Å²) >= 11 is 0. The van der Waals surface area contributed by atoms with E-state index >= 15 is 0 Å². The van der Waals surface area contributed by atoms with E-state index in [0.717, 1.165) is 37.6 Å². The molecule has 0 aliphatic heterocycles. The van der Waals surface area contributed by atoms with Gasteiger partial charge in [0, 0.05) is 30.7 Å². The summed E-state index contributed by atoms with van der Waals surface area (Å²) in [6.45, 7) is 15.4. The van der Waals surface area contributed by atoms with Crippen molar-refractivity contribution >= 4 is 5.82 Å². The van der Waals surface area contributed by atoms with Gasteiger partial charge in [0.15, 0.2) is 0 Å². The highest BCUT2D eigenvalue weighted by molar-refractivity contribution is 5.44. The normalized spacial score (nSPS) is 11.4. The molecule has 0 saturated heterocycles. The van der Waals surface area contributed by atoms with Gasteiger partial charge >= 0.3 is 0 Å². The zero-order valence-corrected chi connectivity index (χ0v) is 13.7. The minimum atomic E-state index is 0.0601. The van der Waals surface area contributed by atoms with Gasteiger partial charge in [0.2, 0.25) is 0 Å². The van der Waals surface area contributed by atoms with Crippen LogP contribution in [0.4, 0.5) is 5.82 Å². The van der Waals surface area contributed by atoms with Gasteiger partial charge in [0.1, 0.15) is 5.82 Å². The summed E-state index contributed by atoms with van der Waals surface area (Å²) in [5.41, 5.74) is 2.49. The SMILES string of the molecule is C=CCN(CCC)c1cc(CNC)cc(C(C)(C)C)n1. The predicted molar refractivity (Wildman–Crippen MR) is 88.4 cm³/mol. The van der Waals surface area contributed by atoms with Crippen LogP contribution < -0.4 is 10.2 Å². The highest BCUT2D eigenvalue weighted by atomic mass is 15.2. The molecule has 1 rings (SSSR count). The van der Waals surface area contributed by atoms with E-state index in [1.807, 2.05) is 13.1 Å². The lowest BCUT2D eigenvalue weighted by atomic mass is 9.90. The summed E-state index contributed by atoms with van der Waals surface area (Å²) < 4.78 is 0. The number of rotatable bonds is 7. The van der Waals surface area contributed by atoms with Crippen LogP contribution in [0.2, 0.25) is 0 Å². The smallest absolute Gasteiger partial charge is 0.129 e. The monoisotopic (exact) mass is 275 g/mol. The van der Waals surface area contributed by atoms with Crippen LogP contribution in [0.1, 0.15) is 45.4 Å². The van der Waals surface area contributed by atoms with E-state index in [-0.39, 0.29) is 5.41 Å². The molecule has 0 bridgehead atoms. The first-order valence-corrected chi connectivity index (χ1v) is 7.44. The van der Waals surface area contributed by atoms with Crippen molar-refractivity contribution in [2.24, 2.45) is 0 Å². The minimum Gasteiger partial charge on any atom is -0.353 e. The van der Waals surface area contributed by atoms with E-state index in [1.54, 1.807) is 0 Å². The number of anilines is 1. The molecule has 1 aromatic rings. The van der Waals surface area contributed by atoms with Gasteiger partial charge in [0.25, 0.3) is 0 Å². The van der Waals surface area contributed by atoms with Crippen molar-refractivity contribution in [3.63, 3.8) is 0 Å². The third kappa shape index (κ3) is 4.64. The van der Waals surface area contributed by atoms with Gasteiger partial charge in [-0.3, -0.25) is 0 Å². The lowest BCUT2D eigenvalue weighted by Gasteiger charge is -2.26. The summed E-state index contributed by atoms with van der Waals surface area (Å²) in [7, 11) is 1.98. The Bertz CT molecular complexity index is 432. The molecule has 0 saturated carbocycles. The average Bonchev–Trinajstić information content (AvgIpc) is 2.37. The van der Waals surface area contributed by atoms with Crippen LogP contribution in [0.15, 0.2) is 24.8 Å². The number of nitrogens with zero attached hydrogens (tertiary/aromatic N) is 2. The van der Waals surface area contributed by atoms with Crippen molar-refractivity contribution in [3.8, 4) is 0 Å². The first-order valence-electron chi connectivity index (χ1n) is 7.44. The molecule has 0 atom stereocenters. The van der Waals surface area contributed by atoms with Crippen molar-refractivity contribution < 1.29 is 0 Å². The Morgan fingerprint density at radius 2 is 2.05 bits per heavy atom. The molecule has 112 valence electrons. The first-order chi connectivity index (χ1) is 9.42. The van der Waals surface area contributed by atoms with Gasteiger partial charge in [-0.1, -0.05) is 33.8 Å². The quantitative estimate of drug-likeness (QED) is 0.772. The Labute approximate surface area is 124 Å². The van der Waals surface area contributed by atoms with Crippen LogP contribution in [-0.4, -0.2) is 25.1 Å². The summed E-state index contributed by atoms with van der Waals surface area (Å²) in [4.78, 5) is 7.17. The van der Waals surface area contributed by atoms with Crippen molar-refractivity contribution in [2.45, 2.75) is 46.1 Å². The fourth-order valence-corrected chi connectivity index (χ4v) is 2.15. The molecule has 0 unspecified atom stereocenters. The molecule has 20 heavy (non-hydrogen) atoms. The van der Waals surface area contributed by atoms with Crippen molar-refractivity contribution in [1.82, 2.24) is 10.3 Å². The average molecular weight is 275 g/mol. The Morgan fingerprint density at radius 3 is 2.55 bits per heavy atom. The molecule has 3 nitrogen and oxygen atoms in total. The zero-order chi connectivity index (χ0) is 15.2. The van der Waals surface area contributed by atoms with Crippen molar-refractivity contribution in [1.29, 1.82) is 0 Å². The number of pyridine rings is 1. The standard InChI is InChI=1S/C17H29N3/c1-7-9-20(10-8-2)16-12-14(13-18-6)11-15(19-16)17(3,4)5/h7,11-12,18H,1,8-10,13H2,2-6H3. The zero-order valence-electron chi connectivity index (χ0n) is 13.7. The molecule has 0 fully saturated rings. The van der Waals surface area contributed by atoms with Gasteiger partial charge < -0.3 is 10.2 Å². The van der Waals surface area contributed by atoms with Crippen molar-refractivity contribution in [3.05, 3.63) is 36.0 Å². The van der Waals surface area contributed by atoms with E-state index in [9.17, 15) is 0 Å². The molecule has 0 spiro atoms. The highest BCUT2D eigenvalue weighted by Crippen LogP contribution is 2.25. The fraction of sp³-hybridized carbons (Fsp3) is 0.588. The topological polar surface area (TPSA) is 28.2 Å². The second-order valence-corrected chi connectivity index (χ2v) is 6.23. The molecule has 1 heterocycles. The minimum absolute atomic E-state index is 0.0601. The third-order valence-electron chi connectivity index (χ3n) is 3.19. The van der Waals surface area contributed by atoms with Gasteiger partial charge in [-0.15, -0.1) is 6.58 Å². The molecule has 0 aliphatic rings. The fourth-order valence-electron chi connectivity index (χ4n) is 2.15. The maximum absolute atomic E-state index is 4.87. The number of hydrogen-bond donors (Lipinski definition) is 1. The number of nitrogens with one attached hydrogen (secondary N) is 1. The van der Waals surface area contributed by atoms with E-state index < -0.39 is 0 Å². The van der Waals surface area contributed by atoms with E-state index in [4.69, 9.17) is 4.98 Å². The van der Waals surface area contributed by atoms with Crippen LogP contribution in [-0.2, 0) is 12.0 Å². The molecule has 0 amide bonds. The molecule has 1 N–H and O–H groups in total. The summed E-state index contributed by atoms with van der Waals surface area (Å²) in [5, 5.41) is 3.23. The molecular formula is C17H29N3. The van der Waals surface area contributed by atoms with Crippen LogP contribution in [0.3, 0.4) is 0 Å². The van der Waals surface area contributed by atoms with E-state index in [0.29, 0.717) is 0 Å². The number of hydrogen-bond acceptors (Lipinski definition) is 3. The van der Waals surface area contributed by atoms with Gasteiger partial charge in [-0.25, -0.2) is 4.98 Å². The molecule has 1 aromatic heterocycles. The lowest BCUT2D eigenvalue weighted by molar-refractivity contribution is 0.566. The molecule has 0 aromatic carbocycles. The Balaban J connectivity index is 3.21. The third-order valence-corrected chi connectivity index (χ3v) is 3.19. The summed E-state index contributed by atoms with van der Waals surface area (Å²) in [5.74, 6) is 1.06. The van der Waals surface area contributed by atoms with Crippen LogP contribution in [0.25, 0.3) is 0 Å². The second kappa shape index (κ2) is 7.44. The number of aromatic nitrogens is 1. The van der Waals surface area contributed by atoms with Crippen LogP contribution >= 0.6 is 0 Å². The Hall–Kier alpha value is -1.35. The summed E-state index contributed by atoms with van der Waals surface area (Å²) in [6.07, 6.45) is 3.05. The van der Waals surface area contributed by atoms with Crippen LogP contribution in [0, 0.1) is 0 Å². The van der Waals surface area contributed by atoms with Gasteiger partial charge in [-0.05, 0) is 31.2 Å².